The van der Waals surface area contributed by atoms with Crippen molar-refractivity contribution in [1.82, 2.24) is 0 Å². The number of benzene rings is 1. The van der Waals surface area contributed by atoms with Crippen LogP contribution in [0.3, 0.4) is 0 Å². The second-order valence-corrected chi connectivity index (χ2v) is 2.78. The highest BCUT2D eigenvalue weighted by Gasteiger charge is 2.19. The average molecular weight is 214 g/mol. The van der Waals surface area contributed by atoms with E-state index in [1.165, 1.54) is 12.1 Å². The second-order valence-electron chi connectivity index (χ2n) is 2.78. The molecule has 0 aliphatic carbocycles. The monoisotopic (exact) mass is 214 g/mol. The van der Waals surface area contributed by atoms with E-state index < -0.39 is 12.1 Å². The van der Waals surface area contributed by atoms with Gasteiger partial charge in [0, 0.05) is 5.56 Å². The van der Waals surface area contributed by atoms with Gasteiger partial charge in [-0.1, -0.05) is 19.9 Å². The van der Waals surface area contributed by atoms with Gasteiger partial charge in [-0.25, -0.2) is 4.39 Å². The summed E-state index contributed by atoms with van der Waals surface area (Å²) in [5, 5.41) is 8.93. The number of phenols is 1. The summed E-state index contributed by atoms with van der Waals surface area (Å²) in [6.07, 6.45) is -0.491. The minimum atomic E-state index is -0.656. The van der Waals surface area contributed by atoms with Crippen LogP contribution >= 0.6 is 0 Å². The Balaban J connectivity index is 0.000000531. The van der Waals surface area contributed by atoms with Crippen LogP contribution in [0.2, 0.25) is 0 Å². The lowest BCUT2D eigenvalue weighted by Gasteiger charge is -2.09. The molecule has 3 nitrogen and oxygen atoms in total. The molecule has 1 aliphatic heterocycles. The molecule has 2 rings (SSSR count). The maximum absolute atomic E-state index is 12.9. The Labute approximate surface area is 88.4 Å². The van der Waals surface area contributed by atoms with Crippen molar-refractivity contribution < 1.29 is 19.0 Å². The average Bonchev–Trinajstić information content (AvgIpc) is 2.78. The Hall–Kier alpha value is -1.13. The van der Waals surface area contributed by atoms with Crippen LogP contribution in [-0.4, -0.2) is 18.3 Å². The van der Waals surface area contributed by atoms with Crippen LogP contribution in [0.5, 0.6) is 5.75 Å². The van der Waals surface area contributed by atoms with E-state index >= 15 is 0 Å². The Morgan fingerprint density at radius 3 is 2.40 bits per heavy atom. The van der Waals surface area contributed by atoms with E-state index in [0.717, 1.165) is 0 Å². The molecule has 0 atom stereocenters. The van der Waals surface area contributed by atoms with Gasteiger partial charge >= 0.3 is 0 Å². The van der Waals surface area contributed by atoms with Gasteiger partial charge in [-0.15, -0.1) is 0 Å². The molecule has 15 heavy (non-hydrogen) atoms. The molecule has 0 bridgehead atoms. The molecule has 1 aromatic rings. The summed E-state index contributed by atoms with van der Waals surface area (Å²) in [6.45, 7) is 5.04. The number of aromatic hydroxyl groups is 1. The normalized spacial score (nSPS) is 15.9. The van der Waals surface area contributed by atoms with Crippen LogP contribution in [0.4, 0.5) is 4.39 Å². The first-order valence-corrected chi connectivity index (χ1v) is 4.99. The highest BCUT2D eigenvalue weighted by Crippen LogP contribution is 2.26. The van der Waals surface area contributed by atoms with Crippen molar-refractivity contribution in [2.75, 3.05) is 13.2 Å². The van der Waals surface area contributed by atoms with Gasteiger partial charge < -0.3 is 14.6 Å². The number of hydrogen-bond donors (Lipinski definition) is 1. The first kappa shape index (κ1) is 11.9. The van der Waals surface area contributed by atoms with Crippen molar-refractivity contribution in [3.8, 4) is 5.75 Å². The Kier molecular flexibility index (Phi) is 4.52. The molecular formula is C11H15FO3. The molecule has 0 spiro atoms. The Morgan fingerprint density at radius 1 is 1.27 bits per heavy atom. The van der Waals surface area contributed by atoms with Crippen LogP contribution < -0.4 is 0 Å². The zero-order valence-electron chi connectivity index (χ0n) is 8.87. The molecule has 1 heterocycles. The van der Waals surface area contributed by atoms with Crippen LogP contribution in [-0.2, 0) is 9.47 Å². The van der Waals surface area contributed by atoms with Gasteiger partial charge in [-0.05, 0) is 12.1 Å². The lowest BCUT2D eigenvalue weighted by molar-refractivity contribution is -0.0443. The summed E-state index contributed by atoms with van der Waals surface area (Å²) in [5.41, 5.74) is 0.591. The van der Waals surface area contributed by atoms with E-state index in [2.05, 4.69) is 0 Å². The summed E-state index contributed by atoms with van der Waals surface area (Å²) in [5.74, 6) is -1.02. The first-order valence-electron chi connectivity index (χ1n) is 4.99. The summed E-state index contributed by atoms with van der Waals surface area (Å²) in [7, 11) is 0. The molecule has 1 aromatic carbocycles. The summed E-state index contributed by atoms with van der Waals surface area (Å²) in [6, 6.07) is 4.08. The van der Waals surface area contributed by atoms with Crippen molar-refractivity contribution in [2.24, 2.45) is 0 Å². The van der Waals surface area contributed by atoms with Crippen LogP contribution in [0.1, 0.15) is 25.7 Å². The molecular weight excluding hydrogens is 199 g/mol. The van der Waals surface area contributed by atoms with E-state index in [0.29, 0.717) is 18.8 Å². The molecule has 1 fully saturated rings. The predicted octanol–water partition coefficient (Wildman–Crippen LogP) is 2.60. The van der Waals surface area contributed by atoms with E-state index in [1.54, 1.807) is 6.07 Å². The van der Waals surface area contributed by atoms with Gasteiger partial charge in [0.1, 0.15) is 0 Å². The van der Waals surface area contributed by atoms with E-state index in [9.17, 15) is 4.39 Å². The molecule has 0 unspecified atom stereocenters. The fraction of sp³-hybridized carbons (Fsp3) is 0.455. The maximum atomic E-state index is 12.9. The zero-order valence-corrected chi connectivity index (χ0v) is 8.87. The third-order valence-corrected chi connectivity index (χ3v) is 1.87. The minimum Gasteiger partial charge on any atom is -0.505 e. The lowest BCUT2D eigenvalue weighted by Crippen LogP contribution is -1.98. The smallest absolute Gasteiger partial charge is 0.184 e. The largest absolute Gasteiger partial charge is 0.505 e. The zero-order chi connectivity index (χ0) is 11.3. The van der Waals surface area contributed by atoms with Crippen LogP contribution in [0.15, 0.2) is 18.2 Å². The fourth-order valence-corrected chi connectivity index (χ4v) is 1.22. The summed E-state index contributed by atoms with van der Waals surface area (Å²) in [4.78, 5) is 0. The summed E-state index contributed by atoms with van der Waals surface area (Å²) < 4.78 is 23.2. The molecule has 84 valence electrons. The van der Waals surface area contributed by atoms with Crippen LogP contribution in [0, 0.1) is 5.82 Å². The molecule has 0 amide bonds. The molecule has 1 aliphatic rings. The third-order valence-electron chi connectivity index (χ3n) is 1.87. The molecule has 4 heteroatoms. The number of rotatable bonds is 1. The Morgan fingerprint density at radius 2 is 1.87 bits per heavy atom. The predicted molar refractivity (Wildman–Crippen MR) is 54.1 cm³/mol. The maximum Gasteiger partial charge on any atom is 0.184 e. The quantitative estimate of drug-likeness (QED) is 0.781. The van der Waals surface area contributed by atoms with Gasteiger partial charge in [0.25, 0.3) is 0 Å². The number of hydrogen-bond acceptors (Lipinski definition) is 3. The SMILES string of the molecule is CC.Oc1ccc(C2OCCO2)cc1F. The van der Waals surface area contributed by atoms with Gasteiger partial charge in [0.15, 0.2) is 17.9 Å². The molecule has 1 N–H and O–H groups in total. The lowest BCUT2D eigenvalue weighted by atomic mass is 10.2. The van der Waals surface area contributed by atoms with Crippen LogP contribution in [0.25, 0.3) is 0 Å². The Bertz CT molecular complexity index is 309. The van der Waals surface area contributed by atoms with Crippen molar-refractivity contribution in [1.29, 1.82) is 0 Å². The highest BCUT2D eigenvalue weighted by molar-refractivity contribution is 5.28. The number of halogens is 1. The topological polar surface area (TPSA) is 38.7 Å². The second kappa shape index (κ2) is 5.68. The number of phenolic OH excluding ortho intramolecular Hbond substituents is 1. The molecule has 0 radical (unpaired) electrons. The van der Waals surface area contributed by atoms with Crippen molar-refractivity contribution >= 4 is 0 Å². The molecule has 0 saturated carbocycles. The number of ether oxygens (including phenoxy) is 2. The van der Waals surface area contributed by atoms with Gasteiger partial charge in [0.2, 0.25) is 0 Å². The van der Waals surface area contributed by atoms with Crippen molar-refractivity contribution in [2.45, 2.75) is 20.1 Å². The summed E-state index contributed by atoms with van der Waals surface area (Å²) >= 11 is 0. The standard InChI is InChI=1S/C9H9FO3.C2H6/c10-7-5-6(1-2-8(7)11)9-12-3-4-13-9;1-2/h1-2,5,9,11H,3-4H2;1-2H3. The highest BCUT2D eigenvalue weighted by atomic mass is 19.1. The van der Waals surface area contributed by atoms with Crippen molar-refractivity contribution in [3.63, 3.8) is 0 Å². The van der Waals surface area contributed by atoms with E-state index in [1.807, 2.05) is 13.8 Å². The minimum absolute atomic E-state index is 0.359. The van der Waals surface area contributed by atoms with Crippen molar-refractivity contribution in [3.05, 3.63) is 29.6 Å². The van der Waals surface area contributed by atoms with Gasteiger partial charge in [-0.3, -0.25) is 0 Å². The van der Waals surface area contributed by atoms with Gasteiger partial charge in [0.05, 0.1) is 13.2 Å². The molecule has 0 aromatic heterocycles. The van der Waals surface area contributed by atoms with E-state index in [4.69, 9.17) is 14.6 Å². The van der Waals surface area contributed by atoms with E-state index in [-0.39, 0.29) is 5.75 Å². The first-order chi connectivity index (χ1) is 7.27. The fourth-order valence-electron chi connectivity index (χ4n) is 1.22. The van der Waals surface area contributed by atoms with Gasteiger partial charge in [-0.2, -0.15) is 0 Å². The molecule has 1 saturated heterocycles. The third kappa shape index (κ3) is 2.91.